The molecule has 0 bridgehead atoms. The Labute approximate surface area is 212 Å². The number of carbonyl (C=O) groups is 2. The molecule has 0 fully saturated rings. The maximum absolute atomic E-state index is 13.3. The van der Waals surface area contributed by atoms with Gasteiger partial charge in [-0.1, -0.05) is 43.5 Å². The van der Waals surface area contributed by atoms with E-state index in [0.717, 1.165) is 49.0 Å². The standard InChI is InChI=1S/C29H34N4O3/c34-28(22-36-26-11-5-4-6-12-26)33-17-8-3-1-2-7-15-31-21-25-18-24(13-14-27(25)33)29(35)32-20-23-10-9-16-30-19-23/h4-6,9-14,16,18-19,31H,1-3,7-8,15,17,20-22H2,(H,32,35). The van der Waals surface area contributed by atoms with Crippen molar-refractivity contribution in [3.63, 3.8) is 0 Å². The monoisotopic (exact) mass is 486 g/mol. The van der Waals surface area contributed by atoms with Crippen LogP contribution in [0.25, 0.3) is 0 Å². The van der Waals surface area contributed by atoms with E-state index in [4.69, 9.17) is 4.74 Å². The number of aromatic nitrogens is 1. The largest absolute Gasteiger partial charge is 0.484 e. The van der Waals surface area contributed by atoms with Crippen LogP contribution in [0.3, 0.4) is 0 Å². The Bertz CT molecular complexity index is 1120. The summed E-state index contributed by atoms with van der Waals surface area (Å²) >= 11 is 0. The first-order chi connectivity index (χ1) is 17.7. The van der Waals surface area contributed by atoms with Crippen molar-refractivity contribution in [1.29, 1.82) is 0 Å². The number of hydrogen-bond donors (Lipinski definition) is 2. The van der Waals surface area contributed by atoms with Gasteiger partial charge in [0.15, 0.2) is 6.61 Å². The highest BCUT2D eigenvalue weighted by Gasteiger charge is 2.21. The predicted molar refractivity (Wildman–Crippen MR) is 141 cm³/mol. The fourth-order valence-corrected chi connectivity index (χ4v) is 4.31. The van der Waals surface area contributed by atoms with Gasteiger partial charge in [0.1, 0.15) is 5.75 Å². The van der Waals surface area contributed by atoms with E-state index in [-0.39, 0.29) is 18.4 Å². The zero-order valence-corrected chi connectivity index (χ0v) is 20.6. The average Bonchev–Trinajstić information content (AvgIpc) is 2.92. The van der Waals surface area contributed by atoms with E-state index in [9.17, 15) is 9.59 Å². The van der Waals surface area contributed by atoms with Crippen LogP contribution in [-0.4, -0.2) is 36.5 Å². The number of nitrogens with zero attached hydrogens (tertiary/aromatic N) is 2. The van der Waals surface area contributed by atoms with E-state index in [1.807, 2.05) is 59.5 Å². The van der Waals surface area contributed by atoms with E-state index in [0.29, 0.717) is 30.9 Å². The quantitative estimate of drug-likeness (QED) is 0.537. The maximum atomic E-state index is 13.3. The van der Waals surface area contributed by atoms with E-state index < -0.39 is 0 Å². The molecule has 36 heavy (non-hydrogen) atoms. The molecule has 3 aromatic rings. The minimum absolute atomic E-state index is 0.0375. The summed E-state index contributed by atoms with van der Waals surface area (Å²) in [7, 11) is 0. The summed E-state index contributed by atoms with van der Waals surface area (Å²) in [6.07, 6.45) is 8.90. The summed E-state index contributed by atoms with van der Waals surface area (Å²) in [4.78, 5) is 32.1. The molecule has 0 saturated heterocycles. The molecule has 0 aliphatic carbocycles. The Kier molecular flexibility index (Phi) is 9.45. The molecular weight excluding hydrogens is 452 g/mol. The summed E-state index contributed by atoms with van der Waals surface area (Å²) in [5, 5.41) is 6.45. The number of anilines is 1. The second-order valence-electron chi connectivity index (χ2n) is 8.98. The number of pyridine rings is 1. The van der Waals surface area contributed by atoms with Crippen molar-refractivity contribution in [2.75, 3.05) is 24.6 Å². The molecular formula is C29H34N4O3. The van der Waals surface area contributed by atoms with Crippen molar-refractivity contribution in [1.82, 2.24) is 15.6 Å². The van der Waals surface area contributed by atoms with Crippen molar-refractivity contribution >= 4 is 17.5 Å². The average molecular weight is 487 g/mol. The number of benzene rings is 2. The van der Waals surface area contributed by atoms with Gasteiger partial charge in [-0.05, 0) is 66.9 Å². The number of fused-ring (bicyclic) bond motifs is 1. The van der Waals surface area contributed by atoms with Gasteiger partial charge >= 0.3 is 0 Å². The number of carbonyl (C=O) groups excluding carboxylic acids is 2. The molecule has 1 aliphatic heterocycles. The molecule has 2 aromatic carbocycles. The third-order valence-corrected chi connectivity index (χ3v) is 6.27. The highest BCUT2D eigenvalue weighted by Crippen LogP contribution is 2.25. The molecule has 2 heterocycles. The fourth-order valence-electron chi connectivity index (χ4n) is 4.31. The van der Waals surface area contributed by atoms with E-state index in [1.165, 1.54) is 6.42 Å². The predicted octanol–water partition coefficient (Wildman–Crippen LogP) is 4.48. The van der Waals surface area contributed by atoms with Gasteiger partial charge in [-0.15, -0.1) is 0 Å². The molecule has 2 N–H and O–H groups in total. The molecule has 0 radical (unpaired) electrons. The molecule has 0 atom stereocenters. The SMILES string of the molecule is O=C(NCc1cccnc1)c1ccc2c(c1)CNCCCCCCCN2C(=O)COc1ccccc1. The second-order valence-corrected chi connectivity index (χ2v) is 8.98. The number of amides is 2. The van der Waals surface area contributed by atoms with Gasteiger partial charge in [-0.25, -0.2) is 0 Å². The van der Waals surface area contributed by atoms with Crippen LogP contribution in [0.5, 0.6) is 5.75 Å². The van der Waals surface area contributed by atoms with Gasteiger partial charge in [-0.2, -0.15) is 0 Å². The van der Waals surface area contributed by atoms with E-state index >= 15 is 0 Å². The Morgan fingerprint density at radius 3 is 2.64 bits per heavy atom. The normalized spacial score (nSPS) is 14.6. The number of rotatable bonds is 6. The number of ether oxygens (including phenoxy) is 1. The first kappa shape index (κ1) is 25.4. The minimum atomic E-state index is -0.155. The molecule has 2 amide bonds. The summed E-state index contributed by atoms with van der Waals surface area (Å²) in [5.74, 6) is 0.423. The zero-order valence-electron chi connectivity index (χ0n) is 20.6. The van der Waals surface area contributed by atoms with Crippen LogP contribution in [0.15, 0.2) is 73.1 Å². The Balaban J connectivity index is 1.53. The van der Waals surface area contributed by atoms with Crippen LogP contribution in [0.2, 0.25) is 0 Å². The zero-order chi connectivity index (χ0) is 25.0. The fraction of sp³-hybridized carbons (Fsp3) is 0.345. The number of para-hydroxylation sites is 1. The molecule has 0 saturated carbocycles. The molecule has 0 spiro atoms. The summed E-state index contributed by atoms with van der Waals surface area (Å²) in [6, 6.07) is 18.7. The lowest BCUT2D eigenvalue weighted by Crippen LogP contribution is -2.37. The topological polar surface area (TPSA) is 83.6 Å². The van der Waals surface area contributed by atoms with E-state index in [2.05, 4.69) is 15.6 Å². The lowest BCUT2D eigenvalue weighted by molar-refractivity contribution is -0.120. The van der Waals surface area contributed by atoms with Gasteiger partial charge in [0.25, 0.3) is 11.8 Å². The summed E-state index contributed by atoms with van der Waals surface area (Å²) in [5.41, 5.74) is 3.26. The highest BCUT2D eigenvalue weighted by atomic mass is 16.5. The van der Waals surface area contributed by atoms with Gasteiger partial charge < -0.3 is 20.3 Å². The molecule has 188 valence electrons. The number of hydrogen-bond acceptors (Lipinski definition) is 5. The molecule has 4 rings (SSSR count). The van der Waals surface area contributed by atoms with Crippen molar-refractivity contribution in [3.8, 4) is 5.75 Å². The first-order valence-corrected chi connectivity index (χ1v) is 12.7. The first-order valence-electron chi connectivity index (χ1n) is 12.7. The molecule has 7 heteroatoms. The van der Waals surface area contributed by atoms with Crippen molar-refractivity contribution in [2.24, 2.45) is 0 Å². The summed E-state index contributed by atoms with van der Waals surface area (Å²) < 4.78 is 5.77. The third kappa shape index (κ3) is 7.39. The molecule has 1 aromatic heterocycles. The Morgan fingerprint density at radius 1 is 0.972 bits per heavy atom. The van der Waals surface area contributed by atoms with Crippen LogP contribution >= 0.6 is 0 Å². The van der Waals surface area contributed by atoms with Crippen LogP contribution < -0.4 is 20.3 Å². The third-order valence-electron chi connectivity index (χ3n) is 6.27. The van der Waals surface area contributed by atoms with Gasteiger partial charge in [-0.3, -0.25) is 14.6 Å². The van der Waals surface area contributed by atoms with Crippen molar-refractivity contribution in [2.45, 2.75) is 45.2 Å². The van der Waals surface area contributed by atoms with Gasteiger partial charge in [0.2, 0.25) is 0 Å². The second kappa shape index (κ2) is 13.4. The highest BCUT2D eigenvalue weighted by molar-refractivity contribution is 5.98. The Hall–Kier alpha value is -3.71. The van der Waals surface area contributed by atoms with Gasteiger partial charge in [0.05, 0.1) is 0 Å². The van der Waals surface area contributed by atoms with Crippen LogP contribution in [0.1, 0.15) is 53.6 Å². The smallest absolute Gasteiger partial charge is 0.264 e. The van der Waals surface area contributed by atoms with Crippen LogP contribution in [-0.2, 0) is 17.9 Å². The molecule has 1 aliphatic rings. The minimum Gasteiger partial charge on any atom is -0.484 e. The summed E-state index contributed by atoms with van der Waals surface area (Å²) in [6.45, 7) is 2.48. The van der Waals surface area contributed by atoms with Gasteiger partial charge in [0, 0.05) is 43.3 Å². The van der Waals surface area contributed by atoms with Crippen molar-refractivity contribution in [3.05, 3.63) is 89.7 Å². The number of nitrogens with one attached hydrogen (secondary N) is 2. The maximum Gasteiger partial charge on any atom is 0.264 e. The van der Waals surface area contributed by atoms with Crippen molar-refractivity contribution < 1.29 is 14.3 Å². The Morgan fingerprint density at radius 2 is 1.81 bits per heavy atom. The molecule has 0 unspecified atom stereocenters. The van der Waals surface area contributed by atoms with Crippen LogP contribution in [0.4, 0.5) is 5.69 Å². The lowest BCUT2D eigenvalue weighted by Gasteiger charge is -2.26. The van der Waals surface area contributed by atoms with E-state index in [1.54, 1.807) is 18.5 Å². The van der Waals surface area contributed by atoms with Crippen LogP contribution in [0, 0.1) is 0 Å². The lowest BCUT2D eigenvalue weighted by atomic mass is 10.0. The molecule has 7 nitrogen and oxygen atoms in total.